The molecule has 0 radical (unpaired) electrons. The van der Waals surface area contributed by atoms with Crippen LogP contribution in [0.2, 0.25) is 0 Å². The highest BCUT2D eigenvalue weighted by molar-refractivity contribution is 5.13. The van der Waals surface area contributed by atoms with Crippen LogP contribution in [-0.2, 0) is 19.9 Å². The summed E-state index contributed by atoms with van der Waals surface area (Å²) in [6.07, 6.45) is 4.63. The fourth-order valence-electron chi connectivity index (χ4n) is 2.93. The van der Waals surface area contributed by atoms with Crippen molar-refractivity contribution in [3.8, 4) is 0 Å². The normalized spacial score (nSPS) is 19.8. The minimum Gasteiger partial charge on any atom is -0.389 e. The fraction of sp³-hybridized carbons (Fsp3) is 0.800. The number of hydrogen-bond donors (Lipinski definition) is 1. The lowest BCUT2D eigenvalue weighted by molar-refractivity contribution is -0.0217. The lowest BCUT2D eigenvalue weighted by atomic mass is 9.87. The van der Waals surface area contributed by atoms with Gasteiger partial charge in [-0.2, -0.15) is 5.10 Å². The highest BCUT2D eigenvalue weighted by Crippen LogP contribution is 2.26. The molecule has 2 rings (SSSR count). The first kappa shape index (κ1) is 14.5. The van der Waals surface area contributed by atoms with Crippen LogP contribution in [0.4, 0.5) is 0 Å². The van der Waals surface area contributed by atoms with Crippen molar-refractivity contribution in [1.29, 1.82) is 0 Å². The van der Waals surface area contributed by atoms with Crippen LogP contribution in [-0.4, -0.2) is 45.0 Å². The third-order valence-electron chi connectivity index (χ3n) is 4.23. The molecule has 1 N–H and O–H groups in total. The molecule has 1 aromatic heterocycles. The molecule has 0 saturated carbocycles. The third-order valence-corrected chi connectivity index (χ3v) is 4.23. The van der Waals surface area contributed by atoms with Crippen molar-refractivity contribution in [2.75, 3.05) is 19.6 Å². The van der Waals surface area contributed by atoms with Gasteiger partial charge in [-0.15, -0.1) is 0 Å². The SMILES string of the molecule is CCCN1CCC(O)(Cc2cc(CC)nn2C)CC1. The van der Waals surface area contributed by atoms with Gasteiger partial charge in [-0.05, 0) is 38.3 Å². The summed E-state index contributed by atoms with van der Waals surface area (Å²) < 4.78 is 1.93. The average Bonchev–Trinajstić information content (AvgIpc) is 2.73. The zero-order valence-electron chi connectivity index (χ0n) is 12.5. The van der Waals surface area contributed by atoms with Crippen LogP contribution in [0.3, 0.4) is 0 Å². The van der Waals surface area contributed by atoms with Crippen molar-refractivity contribution >= 4 is 0 Å². The molecule has 1 saturated heterocycles. The number of aryl methyl sites for hydroxylation is 2. The minimum atomic E-state index is -0.539. The van der Waals surface area contributed by atoms with Gasteiger partial charge in [0.2, 0.25) is 0 Å². The summed E-state index contributed by atoms with van der Waals surface area (Å²) in [6, 6.07) is 2.14. The van der Waals surface area contributed by atoms with E-state index in [2.05, 4.69) is 29.9 Å². The first-order chi connectivity index (χ1) is 9.06. The van der Waals surface area contributed by atoms with Crippen LogP contribution in [0.1, 0.15) is 44.5 Å². The Morgan fingerprint density at radius 3 is 2.53 bits per heavy atom. The standard InChI is InChI=1S/C15H27N3O/c1-4-8-18-9-6-15(19,7-10-18)12-14-11-13(5-2)16-17(14)3/h11,19H,4-10,12H2,1-3H3. The van der Waals surface area contributed by atoms with E-state index in [-0.39, 0.29) is 0 Å². The van der Waals surface area contributed by atoms with E-state index in [0.29, 0.717) is 0 Å². The number of likely N-dealkylation sites (tertiary alicyclic amines) is 1. The van der Waals surface area contributed by atoms with Gasteiger partial charge < -0.3 is 10.0 Å². The van der Waals surface area contributed by atoms with Crippen LogP contribution in [0.15, 0.2) is 6.07 Å². The summed E-state index contributed by atoms with van der Waals surface area (Å²) in [5, 5.41) is 15.2. The van der Waals surface area contributed by atoms with Crippen molar-refractivity contribution in [2.24, 2.45) is 7.05 Å². The van der Waals surface area contributed by atoms with E-state index in [1.54, 1.807) is 0 Å². The molecule has 4 nitrogen and oxygen atoms in total. The largest absolute Gasteiger partial charge is 0.389 e. The summed E-state index contributed by atoms with van der Waals surface area (Å²) in [5.41, 5.74) is 1.73. The number of aliphatic hydroxyl groups is 1. The lowest BCUT2D eigenvalue weighted by Gasteiger charge is -2.38. The van der Waals surface area contributed by atoms with E-state index in [4.69, 9.17) is 0 Å². The van der Waals surface area contributed by atoms with Gasteiger partial charge in [0.05, 0.1) is 11.3 Å². The maximum absolute atomic E-state index is 10.7. The van der Waals surface area contributed by atoms with E-state index in [1.165, 1.54) is 6.42 Å². The molecule has 1 aromatic rings. The second-order valence-electron chi connectivity index (χ2n) is 5.85. The molecule has 0 unspecified atom stereocenters. The Bertz CT molecular complexity index is 406. The maximum Gasteiger partial charge on any atom is 0.0727 e. The number of piperidine rings is 1. The molecule has 0 atom stereocenters. The predicted octanol–water partition coefficient (Wildman–Crippen LogP) is 1.76. The van der Waals surface area contributed by atoms with Gasteiger partial charge in [-0.3, -0.25) is 4.68 Å². The molecule has 1 aliphatic heterocycles. The molecule has 0 aliphatic carbocycles. The van der Waals surface area contributed by atoms with Crippen molar-refractivity contribution in [2.45, 2.75) is 51.6 Å². The highest BCUT2D eigenvalue weighted by Gasteiger charge is 2.33. The zero-order valence-corrected chi connectivity index (χ0v) is 12.5. The van der Waals surface area contributed by atoms with E-state index in [1.807, 2.05) is 11.7 Å². The Morgan fingerprint density at radius 2 is 2.00 bits per heavy atom. The highest BCUT2D eigenvalue weighted by atomic mass is 16.3. The Labute approximate surface area is 116 Å². The molecular formula is C15H27N3O. The molecule has 1 aliphatic rings. The van der Waals surface area contributed by atoms with E-state index >= 15 is 0 Å². The molecule has 2 heterocycles. The van der Waals surface area contributed by atoms with Crippen LogP contribution >= 0.6 is 0 Å². The van der Waals surface area contributed by atoms with E-state index in [9.17, 15) is 5.11 Å². The smallest absolute Gasteiger partial charge is 0.0727 e. The second kappa shape index (κ2) is 6.06. The summed E-state index contributed by atoms with van der Waals surface area (Å²) in [7, 11) is 1.98. The zero-order chi connectivity index (χ0) is 13.9. The summed E-state index contributed by atoms with van der Waals surface area (Å²) >= 11 is 0. The number of nitrogens with zero attached hydrogens (tertiary/aromatic N) is 3. The molecule has 0 amide bonds. The number of rotatable bonds is 5. The Morgan fingerprint density at radius 1 is 1.32 bits per heavy atom. The monoisotopic (exact) mass is 265 g/mol. The maximum atomic E-state index is 10.7. The van der Waals surface area contributed by atoms with Gasteiger partial charge >= 0.3 is 0 Å². The molecular weight excluding hydrogens is 238 g/mol. The van der Waals surface area contributed by atoms with Crippen LogP contribution in [0.5, 0.6) is 0 Å². The number of hydrogen-bond acceptors (Lipinski definition) is 3. The van der Waals surface area contributed by atoms with Crippen molar-refractivity contribution in [1.82, 2.24) is 14.7 Å². The van der Waals surface area contributed by atoms with Crippen LogP contribution in [0.25, 0.3) is 0 Å². The number of aromatic nitrogens is 2. The lowest BCUT2D eigenvalue weighted by Crippen LogP contribution is -2.46. The van der Waals surface area contributed by atoms with E-state index in [0.717, 1.165) is 56.7 Å². The second-order valence-corrected chi connectivity index (χ2v) is 5.85. The Balaban J connectivity index is 1.96. The molecule has 4 heteroatoms. The Kier molecular flexibility index (Phi) is 4.63. The minimum absolute atomic E-state index is 0.539. The van der Waals surface area contributed by atoms with Gasteiger partial charge in [0.1, 0.15) is 0 Å². The molecule has 19 heavy (non-hydrogen) atoms. The third kappa shape index (κ3) is 3.57. The van der Waals surface area contributed by atoms with Crippen molar-refractivity contribution in [3.63, 3.8) is 0 Å². The van der Waals surface area contributed by atoms with Gasteiger partial charge in [-0.25, -0.2) is 0 Å². The quantitative estimate of drug-likeness (QED) is 0.882. The first-order valence-corrected chi connectivity index (χ1v) is 7.53. The summed E-state index contributed by atoms with van der Waals surface area (Å²) in [6.45, 7) is 7.51. The molecule has 0 bridgehead atoms. The van der Waals surface area contributed by atoms with Gasteiger partial charge in [0, 0.05) is 32.3 Å². The van der Waals surface area contributed by atoms with Gasteiger partial charge in [0.25, 0.3) is 0 Å². The molecule has 108 valence electrons. The first-order valence-electron chi connectivity index (χ1n) is 7.53. The molecule has 1 fully saturated rings. The van der Waals surface area contributed by atoms with Crippen LogP contribution in [0, 0.1) is 0 Å². The van der Waals surface area contributed by atoms with Crippen molar-refractivity contribution < 1.29 is 5.11 Å². The fourth-order valence-corrected chi connectivity index (χ4v) is 2.93. The topological polar surface area (TPSA) is 41.3 Å². The van der Waals surface area contributed by atoms with Gasteiger partial charge in [-0.1, -0.05) is 13.8 Å². The predicted molar refractivity (Wildman–Crippen MR) is 77.2 cm³/mol. The summed E-state index contributed by atoms with van der Waals surface area (Å²) in [5.74, 6) is 0. The van der Waals surface area contributed by atoms with Gasteiger partial charge in [0.15, 0.2) is 0 Å². The molecule has 0 spiro atoms. The average molecular weight is 265 g/mol. The van der Waals surface area contributed by atoms with Crippen LogP contribution < -0.4 is 0 Å². The Hall–Kier alpha value is -0.870. The molecule has 0 aromatic carbocycles. The van der Waals surface area contributed by atoms with Crippen molar-refractivity contribution in [3.05, 3.63) is 17.5 Å². The van der Waals surface area contributed by atoms with E-state index < -0.39 is 5.60 Å². The summed E-state index contributed by atoms with van der Waals surface area (Å²) in [4.78, 5) is 2.45.